The van der Waals surface area contributed by atoms with Crippen LogP contribution in [0.4, 0.5) is 0 Å². The van der Waals surface area contributed by atoms with Gasteiger partial charge in [0.2, 0.25) is 5.12 Å². The molecule has 1 fully saturated rings. The quantitative estimate of drug-likeness (QED) is 0.786. The summed E-state index contributed by atoms with van der Waals surface area (Å²) >= 11 is 6.49. The maximum atomic E-state index is 12.0. The number of carbonyl (C=O) groups is 1. The van der Waals surface area contributed by atoms with E-state index in [0.29, 0.717) is 4.64 Å². The lowest BCUT2D eigenvalue weighted by Crippen LogP contribution is -2.32. The maximum absolute atomic E-state index is 12.0. The van der Waals surface area contributed by atoms with Crippen molar-refractivity contribution in [2.24, 2.45) is 0 Å². The van der Waals surface area contributed by atoms with Crippen LogP contribution in [0.1, 0.15) is 30.1 Å². The van der Waals surface area contributed by atoms with Crippen LogP contribution in [0, 0.1) is 4.64 Å². The predicted octanol–water partition coefficient (Wildman–Crippen LogP) is 1.60. The first-order valence-corrected chi connectivity index (χ1v) is 7.11. The largest absolute Gasteiger partial charge is 0.327 e. The van der Waals surface area contributed by atoms with Crippen LogP contribution < -0.4 is 5.69 Å². The molecule has 1 aliphatic carbocycles. The van der Waals surface area contributed by atoms with E-state index in [9.17, 15) is 9.59 Å². The molecule has 0 aromatic carbocycles. The number of hydrogen-bond acceptors (Lipinski definition) is 4. The Kier molecular flexibility index (Phi) is 2.71. The number of thioether (sulfide) groups is 1. The fourth-order valence-corrected chi connectivity index (χ4v) is 3.91. The molecule has 2 aliphatic rings. The minimum absolute atomic E-state index is 0.103. The number of rotatable bonds is 1. The van der Waals surface area contributed by atoms with Crippen molar-refractivity contribution in [3.8, 4) is 0 Å². The fourth-order valence-electron chi connectivity index (χ4n) is 2.64. The van der Waals surface area contributed by atoms with E-state index in [1.54, 1.807) is 4.57 Å². The molecule has 4 nitrogen and oxygen atoms in total. The molecular weight excluding hydrogens is 256 g/mol. The lowest BCUT2D eigenvalue weighted by atomic mass is 10.2. The van der Waals surface area contributed by atoms with Crippen LogP contribution in [0.15, 0.2) is 4.79 Å². The second-order valence-corrected chi connectivity index (χ2v) is 5.89. The summed E-state index contributed by atoms with van der Waals surface area (Å²) < 4.78 is 2.21. The van der Waals surface area contributed by atoms with Crippen LogP contribution in [-0.4, -0.2) is 20.4 Å². The van der Waals surface area contributed by atoms with E-state index in [4.69, 9.17) is 12.2 Å². The van der Waals surface area contributed by atoms with Gasteiger partial charge in [-0.15, -0.1) is 0 Å². The summed E-state index contributed by atoms with van der Waals surface area (Å²) in [5.74, 6) is 0.806. The highest BCUT2D eigenvalue weighted by atomic mass is 32.2. The van der Waals surface area contributed by atoms with Crippen LogP contribution in [0.3, 0.4) is 0 Å². The summed E-state index contributed by atoms with van der Waals surface area (Å²) in [5.41, 5.74) is 1.82. The maximum Gasteiger partial charge on any atom is 0.327 e. The molecule has 0 radical (unpaired) electrons. The molecule has 0 spiro atoms. The number of hydrogen-bond donors (Lipinski definition) is 1. The molecule has 1 N–H and O–H groups in total. The summed E-state index contributed by atoms with van der Waals surface area (Å²) in [5, 5.41) is 0.103. The number of aromatic amines is 1. The standard InChI is InChI=1S/C11H12N2O2S2/c14-10-8(4-5-17-10)13-7-3-1-2-6(7)9(16)12-11(13)15/h8H,1-5H2,(H,12,15,16). The Bertz CT molecular complexity index is 602. The zero-order chi connectivity index (χ0) is 12.0. The predicted molar refractivity (Wildman–Crippen MR) is 69.0 cm³/mol. The summed E-state index contributed by atoms with van der Waals surface area (Å²) in [6.07, 6.45) is 3.54. The molecule has 1 saturated heterocycles. The Balaban J connectivity index is 2.23. The van der Waals surface area contributed by atoms with Crippen molar-refractivity contribution in [1.29, 1.82) is 0 Å². The zero-order valence-electron chi connectivity index (χ0n) is 9.19. The van der Waals surface area contributed by atoms with Crippen molar-refractivity contribution in [3.63, 3.8) is 0 Å². The summed E-state index contributed by atoms with van der Waals surface area (Å²) in [6.45, 7) is 0. The van der Waals surface area contributed by atoms with Gasteiger partial charge >= 0.3 is 5.69 Å². The van der Waals surface area contributed by atoms with E-state index in [0.717, 1.165) is 42.7 Å². The first kappa shape index (κ1) is 11.2. The fraction of sp³-hybridized carbons (Fsp3) is 0.545. The molecule has 1 aromatic heterocycles. The molecule has 17 heavy (non-hydrogen) atoms. The summed E-state index contributed by atoms with van der Waals surface area (Å²) in [7, 11) is 0. The third-order valence-electron chi connectivity index (χ3n) is 3.41. The van der Waals surface area contributed by atoms with Gasteiger partial charge in [-0.25, -0.2) is 4.79 Å². The molecule has 2 heterocycles. The van der Waals surface area contributed by atoms with Crippen molar-refractivity contribution >= 4 is 29.1 Å². The van der Waals surface area contributed by atoms with Gasteiger partial charge in [-0.3, -0.25) is 14.3 Å². The van der Waals surface area contributed by atoms with Gasteiger partial charge in [0.05, 0.1) is 0 Å². The van der Waals surface area contributed by atoms with Gasteiger partial charge in [0.1, 0.15) is 10.7 Å². The van der Waals surface area contributed by atoms with Crippen LogP contribution >= 0.6 is 24.0 Å². The summed E-state index contributed by atoms with van der Waals surface area (Å²) in [4.78, 5) is 26.5. The first-order valence-electron chi connectivity index (χ1n) is 5.71. The van der Waals surface area contributed by atoms with E-state index < -0.39 is 0 Å². The van der Waals surface area contributed by atoms with Crippen LogP contribution in [0.5, 0.6) is 0 Å². The lowest BCUT2D eigenvalue weighted by molar-refractivity contribution is -0.113. The lowest BCUT2D eigenvalue weighted by Gasteiger charge is -2.16. The van der Waals surface area contributed by atoms with Gasteiger partial charge in [0, 0.05) is 17.0 Å². The smallest absolute Gasteiger partial charge is 0.298 e. The van der Waals surface area contributed by atoms with E-state index in [1.165, 1.54) is 11.8 Å². The minimum atomic E-state index is -0.286. The van der Waals surface area contributed by atoms with Crippen molar-refractivity contribution in [2.45, 2.75) is 31.7 Å². The second kappa shape index (κ2) is 4.10. The highest BCUT2D eigenvalue weighted by molar-refractivity contribution is 8.14. The van der Waals surface area contributed by atoms with Gasteiger partial charge in [-0.2, -0.15) is 0 Å². The van der Waals surface area contributed by atoms with Gasteiger partial charge in [-0.1, -0.05) is 24.0 Å². The molecule has 6 heteroatoms. The Hall–Kier alpha value is -0.880. The number of aromatic nitrogens is 2. The number of carbonyl (C=O) groups excluding carboxylic acids is 1. The first-order chi connectivity index (χ1) is 8.18. The molecule has 3 rings (SSSR count). The zero-order valence-corrected chi connectivity index (χ0v) is 10.8. The molecule has 1 unspecified atom stereocenters. The van der Waals surface area contributed by atoms with Crippen LogP contribution in [0.2, 0.25) is 0 Å². The van der Waals surface area contributed by atoms with Crippen molar-refractivity contribution in [3.05, 3.63) is 26.4 Å². The molecular formula is C11H12N2O2S2. The second-order valence-electron chi connectivity index (χ2n) is 4.38. The summed E-state index contributed by atoms with van der Waals surface area (Å²) in [6, 6.07) is -0.286. The van der Waals surface area contributed by atoms with Gasteiger partial charge in [-0.05, 0) is 25.7 Å². The van der Waals surface area contributed by atoms with Crippen molar-refractivity contribution in [1.82, 2.24) is 9.55 Å². The van der Waals surface area contributed by atoms with Crippen LogP contribution in [0.25, 0.3) is 0 Å². The Labute approximate surface area is 107 Å². The molecule has 0 bridgehead atoms. The molecule has 1 aromatic rings. The molecule has 0 saturated carbocycles. The highest BCUT2D eigenvalue weighted by Gasteiger charge is 2.31. The van der Waals surface area contributed by atoms with E-state index >= 15 is 0 Å². The third-order valence-corrected chi connectivity index (χ3v) is 4.76. The molecule has 1 aliphatic heterocycles. The van der Waals surface area contributed by atoms with E-state index in [2.05, 4.69) is 4.98 Å². The monoisotopic (exact) mass is 268 g/mol. The Morgan fingerprint density at radius 2 is 2.18 bits per heavy atom. The average molecular weight is 268 g/mol. The highest BCUT2D eigenvalue weighted by Crippen LogP contribution is 2.32. The number of H-pyrrole nitrogens is 1. The Morgan fingerprint density at radius 3 is 2.88 bits per heavy atom. The minimum Gasteiger partial charge on any atom is -0.298 e. The van der Waals surface area contributed by atoms with Gasteiger partial charge in [0.15, 0.2) is 0 Å². The van der Waals surface area contributed by atoms with Crippen molar-refractivity contribution in [2.75, 3.05) is 5.75 Å². The van der Waals surface area contributed by atoms with E-state index in [1.807, 2.05) is 0 Å². The molecule has 90 valence electrons. The number of fused-ring (bicyclic) bond motifs is 1. The van der Waals surface area contributed by atoms with Crippen LogP contribution in [-0.2, 0) is 17.6 Å². The number of nitrogens with one attached hydrogen (secondary N) is 1. The molecule has 0 amide bonds. The topological polar surface area (TPSA) is 54.9 Å². The average Bonchev–Trinajstić information content (AvgIpc) is 2.88. The van der Waals surface area contributed by atoms with Crippen molar-refractivity contribution < 1.29 is 4.79 Å². The molecule has 1 atom stereocenters. The van der Waals surface area contributed by atoms with Gasteiger partial charge in [0.25, 0.3) is 0 Å². The number of nitrogens with zero attached hydrogens (tertiary/aromatic N) is 1. The third kappa shape index (κ3) is 1.70. The SMILES string of the molecule is O=C1SCCC1n1c2c(c(=S)[nH]c1=O)CCC2. The van der Waals surface area contributed by atoms with E-state index in [-0.39, 0.29) is 16.8 Å². The normalized spacial score (nSPS) is 23.1. The van der Waals surface area contributed by atoms with Gasteiger partial charge < -0.3 is 0 Å². The Morgan fingerprint density at radius 1 is 1.35 bits per heavy atom.